The number of carbonyl (C=O) groups excluding carboxylic acids is 2. The molecule has 6 nitrogen and oxygen atoms in total. The van der Waals surface area contributed by atoms with E-state index in [1.54, 1.807) is 13.8 Å². The predicted octanol–water partition coefficient (Wildman–Crippen LogP) is 2.51. The Morgan fingerprint density at radius 1 is 1.07 bits per heavy atom. The van der Waals surface area contributed by atoms with E-state index in [9.17, 15) is 9.59 Å². The summed E-state index contributed by atoms with van der Waals surface area (Å²) in [5.74, 6) is -0.608. The largest absolute Gasteiger partial charge is 0.394 e. The number of amides is 2. The molecule has 1 aromatic heterocycles. The number of aliphatic hydroxyl groups excluding tert-OH is 1. The van der Waals surface area contributed by atoms with Gasteiger partial charge in [0.15, 0.2) is 0 Å². The minimum atomic E-state index is -0.717. The van der Waals surface area contributed by atoms with Gasteiger partial charge >= 0.3 is 0 Å². The lowest BCUT2D eigenvalue weighted by atomic mass is 10.1. The van der Waals surface area contributed by atoms with Crippen molar-refractivity contribution in [2.45, 2.75) is 25.8 Å². The van der Waals surface area contributed by atoms with Crippen LogP contribution in [0.2, 0.25) is 0 Å². The lowest BCUT2D eigenvalue weighted by molar-refractivity contribution is -0.126. The van der Waals surface area contributed by atoms with Crippen molar-refractivity contribution < 1.29 is 14.7 Å². The van der Waals surface area contributed by atoms with Gasteiger partial charge < -0.3 is 15.7 Å². The van der Waals surface area contributed by atoms with Gasteiger partial charge in [0.1, 0.15) is 5.01 Å². The maximum Gasteiger partial charge on any atom is 0.239 e. The molecule has 0 saturated heterocycles. The summed E-state index contributed by atoms with van der Waals surface area (Å²) in [6, 6.07) is 16.2. The van der Waals surface area contributed by atoms with Gasteiger partial charge in [-0.25, -0.2) is 4.98 Å². The van der Waals surface area contributed by atoms with Crippen LogP contribution in [0.25, 0.3) is 21.3 Å². The minimum Gasteiger partial charge on any atom is -0.394 e. The maximum atomic E-state index is 12.1. The third-order valence-corrected chi connectivity index (χ3v) is 5.19. The molecule has 0 aliphatic rings. The molecule has 146 valence electrons. The Morgan fingerprint density at radius 2 is 1.82 bits per heavy atom. The molecule has 0 aliphatic carbocycles. The van der Waals surface area contributed by atoms with Crippen molar-refractivity contribution in [3.63, 3.8) is 0 Å². The van der Waals surface area contributed by atoms with Crippen LogP contribution in [0.15, 0.2) is 48.5 Å². The first-order chi connectivity index (χ1) is 13.4. The standard InChI is InChI=1S/C21H23N3O3S/c1-21(2,13-25)24-19(27)12-22-18(26)11-20-23-16-9-8-15(10-17(16)28-20)14-6-4-3-5-7-14/h3-10,25H,11-13H2,1-2H3,(H,22,26)(H,24,27). The fourth-order valence-corrected chi connectivity index (χ4v) is 3.70. The highest BCUT2D eigenvalue weighted by atomic mass is 32.1. The smallest absolute Gasteiger partial charge is 0.239 e. The molecule has 0 saturated carbocycles. The molecule has 3 N–H and O–H groups in total. The molecule has 0 radical (unpaired) electrons. The molecule has 3 aromatic rings. The second kappa shape index (κ2) is 8.50. The van der Waals surface area contributed by atoms with Gasteiger partial charge in [-0.05, 0) is 37.1 Å². The molecule has 2 aromatic carbocycles. The number of hydrogen-bond donors (Lipinski definition) is 3. The van der Waals surface area contributed by atoms with Crippen LogP contribution in [0.5, 0.6) is 0 Å². The normalized spacial score (nSPS) is 11.4. The third kappa shape index (κ3) is 5.15. The molecule has 28 heavy (non-hydrogen) atoms. The lowest BCUT2D eigenvalue weighted by Gasteiger charge is -2.23. The fraction of sp³-hybridized carbons (Fsp3) is 0.286. The fourth-order valence-electron chi connectivity index (χ4n) is 2.70. The van der Waals surface area contributed by atoms with Crippen molar-refractivity contribution >= 4 is 33.4 Å². The monoisotopic (exact) mass is 397 g/mol. The zero-order valence-corrected chi connectivity index (χ0v) is 16.7. The topological polar surface area (TPSA) is 91.3 Å². The highest BCUT2D eigenvalue weighted by Crippen LogP contribution is 2.28. The van der Waals surface area contributed by atoms with Crippen molar-refractivity contribution in [3.8, 4) is 11.1 Å². The van der Waals surface area contributed by atoms with Crippen LogP contribution < -0.4 is 10.6 Å². The molecule has 0 fully saturated rings. The van der Waals surface area contributed by atoms with Crippen LogP contribution in [0, 0.1) is 0 Å². The van der Waals surface area contributed by atoms with Gasteiger partial charge in [-0.15, -0.1) is 11.3 Å². The van der Waals surface area contributed by atoms with E-state index < -0.39 is 5.54 Å². The molecule has 0 atom stereocenters. The number of nitrogens with one attached hydrogen (secondary N) is 2. The van der Waals surface area contributed by atoms with Gasteiger partial charge in [0.05, 0.1) is 35.3 Å². The summed E-state index contributed by atoms with van der Waals surface area (Å²) in [4.78, 5) is 28.5. The number of aliphatic hydroxyl groups is 1. The molecule has 0 spiro atoms. The van der Waals surface area contributed by atoms with Crippen LogP contribution in [-0.4, -0.2) is 40.6 Å². The summed E-state index contributed by atoms with van der Waals surface area (Å²) in [5, 5.41) is 15.1. The Labute approximate surface area is 167 Å². The predicted molar refractivity (Wildman–Crippen MR) is 111 cm³/mol. The van der Waals surface area contributed by atoms with Gasteiger partial charge in [-0.2, -0.15) is 0 Å². The van der Waals surface area contributed by atoms with E-state index in [1.807, 2.05) is 30.3 Å². The first-order valence-corrected chi connectivity index (χ1v) is 9.81. The van der Waals surface area contributed by atoms with Gasteiger partial charge in [0.25, 0.3) is 0 Å². The Balaban J connectivity index is 1.61. The van der Waals surface area contributed by atoms with Crippen molar-refractivity contribution in [3.05, 3.63) is 53.5 Å². The molecule has 0 unspecified atom stereocenters. The van der Waals surface area contributed by atoms with E-state index in [-0.39, 0.29) is 31.4 Å². The molecular formula is C21H23N3O3S. The molecule has 0 aliphatic heterocycles. The number of fused-ring (bicyclic) bond motifs is 1. The van der Waals surface area contributed by atoms with Crippen LogP contribution in [0.3, 0.4) is 0 Å². The van der Waals surface area contributed by atoms with Crippen LogP contribution >= 0.6 is 11.3 Å². The molecule has 1 heterocycles. The molecular weight excluding hydrogens is 374 g/mol. The minimum absolute atomic E-state index is 0.122. The number of nitrogens with zero attached hydrogens (tertiary/aromatic N) is 1. The van der Waals surface area contributed by atoms with Crippen molar-refractivity contribution in [2.24, 2.45) is 0 Å². The summed E-state index contributed by atoms with van der Waals surface area (Å²) in [6.45, 7) is 3.10. The van der Waals surface area contributed by atoms with E-state index in [4.69, 9.17) is 5.11 Å². The van der Waals surface area contributed by atoms with Crippen LogP contribution in [0.4, 0.5) is 0 Å². The zero-order chi connectivity index (χ0) is 20.1. The van der Waals surface area contributed by atoms with Crippen molar-refractivity contribution in [1.82, 2.24) is 15.6 Å². The average Bonchev–Trinajstić information content (AvgIpc) is 3.08. The summed E-state index contributed by atoms with van der Waals surface area (Å²) >= 11 is 1.48. The Morgan fingerprint density at radius 3 is 2.54 bits per heavy atom. The van der Waals surface area contributed by atoms with Crippen LogP contribution in [0.1, 0.15) is 18.9 Å². The Hall–Kier alpha value is -2.77. The number of carbonyl (C=O) groups is 2. The first-order valence-electron chi connectivity index (χ1n) is 9.00. The number of benzene rings is 2. The van der Waals surface area contributed by atoms with E-state index in [0.717, 1.165) is 21.3 Å². The second-order valence-corrected chi connectivity index (χ2v) is 8.32. The highest BCUT2D eigenvalue weighted by Gasteiger charge is 2.19. The Bertz CT molecular complexity index is 983. The number of thiazole rings is 1. The quantitative estimate of drug-likeness (QED) is 0.571. The number of aromatic nitrogens is 1. The van der Waals surface area contributed by atoms with Gasteiger partial charge in [0.2, 0.25) is 11.8 Å². The maximum absolute atomic E-state index is 12.1. The third-order valence-electron chi connectivity index (χ3n) is 4.17. The summed E-state index contributed by atoms with van der Waals surface area (Å²) in [5.41, 5.74) is 2.38. The average molecular weight is 398 g/mol. The Kier molecular flexibility index (Phi) is 6.06. The van der Waals surface area contributed by atoms with E-state index in [1.165, 1.54) is 11.3 Å². The van der Waals surface area contributed by atoms with E-state index in [0.29, 0.717) is 5.01 Å². The highest BCUT2D eigenvalue weighted by molar-refractivity contribution is 7.18. The first kappa shape index (κ1) is 20.0. The van der Waals surface area contributed by atoms with E-state index in [2.05, 4.69) is 33.8 Å². The van der Waals surface area contributed by atoms with Crippen LogP contribution in [-0.2, 0) is 16.0 Å². The second-order valence-electron chi connectivity index (χ2n) is 7.20. The summed E-state index contributed by atoms with van der Waals surface area (Å²) in [7, 11) is 0. The van der Waals surface area contributed by atoms with Crippen molar-refractivity contribution in [1.29, 1.82) is 0 Å². The summed E-state index contributed by atoms with van der Waals surface area (Å²) < 4.78 is 1.02. The lowest BCUT2D eigenvalue weighted by Crippen LogP contribution is -2.49. The SMILES string of the molecule is CC(C)(CO)NC(=O)CNC(=O)Cc1nc2ccc(-c3ccccc3)cc2s1. The number of rotatable bonds is 7. The van der Waals surface area contributed by atoms with Crippen molar-refractivity contribution in [2.75, 3.05) is 13.2 Å². The number of hydrogen-bond acceptors (Lipinski definition) is 5. The molecule has 0 bridgehead atoms. The van der Waals surface area contributed by atoms with Gasteiger partial charge in [0, 0.05) is 0 Å². The molecule has 3 rings (SSSR count). The zero-order valence-electron chi connectivity index (χ0n) is 15.9. The summed E-state index contributed by atoms with van der Waals surface area (Å²) in [6.07, 6.45) is 0.122. The van der Waals surface area contributed by atoms with Gasteiger partial charge in [-0.3, -0.25) is 9.59 Å². The van der Waals surface area contributed by atoms with Gasteiger partial charge in [-0.1, -0.05) is 36.4 Å². The molecule has 2 amide bonds. The molecule has 7 heteroatoms. The van der Waals surface area contributed by atoms with E-state index >= 15 is 0 Å².